The van der Waals surface area contributed by atoms with Gasteiger partial charge in [-0.1, -0.05) is 0 Å². The molecule has 0 saturated carbocycles. The van der Waals surface area contributed by atoms with Crippen molar-refractivity contribution in [1.82, 2.24) is 15.2 Å². The molecule has 3 aromatic rings. The van der Waals surface area contributed by atoms with Gasteiger partial charge in [-0.3, -0.25) is 14.9 Å². The van der Waals surface area contributed by atoms with Crippen molar-refractivity contribution in [2.75, 3.05) is 16.8 Å². The molecule has 1 aliphatic rings. The zero-order valence-electron chi connectivity index (χ0n) is 14.7. The first-order valence-electron chi connectivity index (χ1n) is 8.80. The van der Waals surface area contributed by atoms with Crippen LogP contribution >= 0.6 is 0 Å². The molecule has 6 nitrogen and oxygen atoms in total. The van der Waals surface area contributed by atoms with Gasteiger partial charge in [0.2, 0.25) is 5.91 Å². The fourth-order valence-electron chi connectivity index (χ4n) is 3.44. The minimum absolute atomic E-state index is 0.103. The maximum atomic E-state index is 11.8. The summed E-state index contributed by atoms with van der Waals surface area (Å²) in [5.74, 6) is 0.103. The van der Waals surface area contributed by atoms with Crippen LogP contribution in [-0.4, -0.2) is 27.6 Å². The standard InChI is InChI=1S/C20H21N5O/c1-14(26)25-9-3-5-15-10-18(6-7-19(15)25)22-12-17-13-23-24-20(17)16-4-2-8-21-11-16/h2,4,6-8,10-11,13,22H,3,5,9,12H2,1H3,(H,23,24). The molecule has 2 aromatic heterocycles. The molecule has 3 heterocycles. The predicted octanol–water partition coefficient (Wildman–Crippen LogP) is 3.38. The predicted molar refractivity (Wildman–Crippen MR) is 102 cm³/mol. The zero-order valence-corrected chi connectivity index (χ0v) is 14.7. The van der Waals surface area contributed by atoms with Crippen LogP contribution in [0, 0.1) is 0 Å². The summed E-state index contributed by atoms with van der Waals surface area (Å²) in [6, 6.07) is 10.1. The molecule has 6 heteroatoms. The smallest absolute Gasteiger partial charge is 0.223 e. The molecule has 4 rings (SSSR count). The van der Waals surface area contributed by atoms with Gasteiger partial charge in [0.05, 0.1) is 11.9 Å². The number of carbonyl (C=O) groups is 1. The number of carbonyl (C=O) groups excluding carboxylic acids is 1. The van der Waals surface area contributed by atoms with Crippen LogP contribution < -0.4 is 10.2 Å². The van der Waals surface area contributed by atoms with Crippen LogP contribution in [0.25, 0.3) is 11.3 Å². The van der Waals surface area contributed by atoms with Gasteiger partial charge in [-0.2, -0.15) is 5.10 Å². The molecule has 132 valence electrons. The van der Waals surface area contributed by atoms with Crippen molar-refractivity contribution in [3.8, 4) is 11.3 Å². The summed E-state index contributed by atoms with van der Waals surface area (Å²) < 4.78 is 0. The second kappa shape index (κ2) is 7.00. The largest absolute Gasteiger partial charge is 0.381 e. The Labute approximate surface area is 152 Å². The number of anilines is 2. The summed E-state index contributed by atoms with van der Waals surface area (Å²) >= 11 is 0. The van der Waals surface area contributed by atoms with E-state index in [0.29, 0.717) is 6.54 Å². The lowest BCUT2D eigenvalue weighted by Gasteiger charge is -2.29. The molecule has 0 saturated heterocycles. The van der Waals surface area contributed by atoms with E-state index in [1.165, 1.54) is 5.56 Å². The number of rotatable bonds is 4. The Kier molecular flexibility index (Phi) is 4.39. The Morgan fingerprint density at radius 1 is 1.31 bits per heavy atom. The number of fused-ring (bicyclic) bond motifs is 1. The van der Waals surface area contributed by atoms with E-state index in [2.05, 4.69) is 26.6 Å². The molecule has 0 aliphatic carbocycles. The first-order chi connectivity index (χ1) is 12.7. The number of nitrogens with zero attached hydrogens (tertiary/aromatic N) is 3. The Bertz CT molecular complexity index is 919. The fourth-order valence-corrected chi connectivity index (χ4v) is 3.44. The van der Waals surface area contributed by atoms with Crippen LogP contribution in [0.2, 0.25) is 0 Å². The van der Waals surface area contributed by atoms with Crippen molar-refractivity contribution in [1.29, 1.82) is 0 Å². The molecule has 0 spiro atoms. The number of benzene rings is 1. The maximum Gasteiger partial charge on any atom is 0.223 e. The van der Waals surface area contributed by atoms with Gasteiger partial charge in [0.1, 0.15) is 0 Å². The van der Waals surface area contributed by atoms with E-state index in [1.807, 2.05) is 41.6 Å². The summed E-state index contributed by atoms with van der Waals surface area (Å²) in [6.07, 6.45) is 7.43. The van der Waals surface area contributed by atoms with Crippen LogP contribution in [0.1, 0.15) is 24.5 Å². The molecule has 1 aromatic carbocycles. The average Bonchev–Trinajstić information content (AvgIpc) is 3.15. The van der Waals surface area contributed by atoms with Gasteiger partial charge in [0, 0.05) is 54.9 Å². The third-order valence-corrected chi connectivity index (χ3v) is 4.73. The number of hydrogen-bond acceptors (Lipinski definition) is 4. The first-order valence-corrected chi connectivity index (χ1v) is 8.80. The molecule has 0 fully saturated rings. The molecule has 1 amide bonds. The average molecular weight is 347 g/mol. The molecule has 0 bridgehead atoms. The highest BCUT2D eigenvalue weighted by atomic mass is 16.2. The first kappa shape index (κ1) is 16.3. The van der Waals surface area contributed by atoms with Crippen molar-refractivity contribution in [2.24, 2.45) is 0 Å². The van der Waals surface area contributed by atoms with Crippen molar-refractivity contribution >= 4 is 17.3 Å². The fraction of sp³-hybridized carbons (Fsp3) is 0.250. The highest BCUT2D eigenvalue weighted by Crippen LogP contribution is 2.30. The van der Waals surface area contributed by atoms with Crippen molar-refractivity contribution < 1.29 is 4.79 Å². The van der Waals surface area contributed by atoms with E-state index < -0.39 is 0 Å². The van der Waals surface area contributed by atoms with Crippen molar-refractivity contribution in [2.45, 2.75) is 26.3 Å². The summed E-state index contributed by atoms with van der Waals surface area (Å²) in [5.41, 5.74) is 6.38. The number of aryl methyl sites for hydroxylation is 1. The Balaban J connectivity index is 1.52. The van der Waals surface area contributed by atoms with E-state index in [9.17, 15) is 4.79 Å². The summed E-state index contributed by atoms with van der Waals surface area (Å²) in [6.45, 7) is 3.09. The number of pyridine rings is 1. The van der Waals surface area contributed by atoms with E-state index in [0.717, 1.165) is 47.6 Å². The summed E-state index contributed by atoms with van der Waals surface area (Å²) in [4.78, 5) is 17.8. The Hall–Kier alpha value is -3.15. The third kappa shape index (κ3) is 3.18. The van der Waals surface area contributed by atoms with Crippen molar-refractivity contribution in [3.63, 3.8) is 0 Å². The maximum absolute atomic E-state index is 11.8. The molecular formula is C20H21N5O. The van der Waals surface area contributed by atoms with Crippen LogP contribution in [0.15, 0.2) is 48.9 Å². The van der Waals surface area contributed by atoms with E-state index >= 15 is 0 Å². The lowest BCUT2D eigenvalue weighted by molar-refractivity contribution is -0.116. The second-order valence-corrected chi connectivity index (χ2v) is 6.48. The number of aromatic nitrogens is 3. The summed E-state index contributed by atoms with van der Waals surface area (Å²) in [5, 5.41) is 10.7. The van der Waals surface area contributed by atoms with Gasteiger partial charge in [0.25, 0.3) is 0 Å². The molecule has 1 aliphatic heterocycles. The Morgan fingerprint density at radius 3 is 3.04 bits per heavy atom. The molecule has 2 N–H and O–H groups in total. The van der Waals surface area contributed by atoms with E-state index in [1.54, 1.807) is 13.1 Å². The monoisotopic (exact) mass is 347 g/mol. The van der Waals surface area contributed by atoms with Gasteiger partial charge in [0.15, 0.2) is 0 Å². The number of nitrogens with one attached hydrogen (secondary N) is 2. The highest BCUT2D eigenvalue weighted by molar-refractivity contribution is 5.93. The highest BCUT2D eigenvalue weighted by Gasteiger charge is 2.20. The second-order valence-electron chi connectivity index (χ2n) is 6.48. The lowest BCUT2D eigenvalue weighted by atomic mass is 10.0. The molecule has 0 radical (unpaired) electrons. The number of amides is 1. The number of H-pyrrole nitrogens is 1. The van der Waals surface area contributed by atoms with Gasteiger partial charge >= 0.3 is 0 Å². The van der Waals surface area contributed by atoms with Gasteiger partial charge < -0.3 is 10.2 Å². The zero-order chi connectivity index (χ0) is 17.9. The van der Waals surface area contributed by atoms with Crippen LogP contribution in [-0.2, 0) is 17.8 Å². The third-order valence-electron chi connectivity index (χ3n) is 4.73. The molecule has 26 heavy (non-hydrogen) atoms. The van der Waals surface area contributed by atoms with Gasteiger partial charge in [-0.15, -0.1) is 0 Å². The van der Waals surface area contributed by atoms with E-state index in [4.69, 9.17) is 0 Å². The molecular weight excluding hydrogens is 326 g/mol. The normalized spacial score (nSPS) is 13.3. The molecule has 0 atom stereocenters. The van der Waals surface area contributed by atoms with Crippen LogP contribution in [0.3, 0.4) is 0 Å². The number of aromatic amines is 1. The van der Waals surface area contributed by atoms with Gasteiger partial charge in [-0.05, 0) is 48.7 Å². The summed E-state index contributed by atoms with van der Waals surface area (Å²) in [7, 11) is 0. The van der Waals surface area contributed by atoms with Crippen LogP contribution in [0.4, 0.5) is 11.4 Å². The number of hydrogen-bond donors (Lipinski definition) is 2. The lowest BCUT2D eigenvalue weighted by Crippen LogP contribution is -2.33. The quantitative estimate of drug-likeness (QED) is 0.759. The minimum Gasteiger partial charge on any atom is -0.381 e. The van der Waals surface area contributed by atoms with Crippen LogP contribution in [0.5, 0.6) is 0 Å². The van der Waals surface area contributed by atoms with E-state index in [-0.39, 0.29) is 5.91 Å². The molecule has 0 unspecified atom stereocenters. The topological polar surface area (TPSA) is 73.9 Å². The SMILES string of the molecule is CC(=O)N1CCCc2cc(NCc3cn[nH]c3-c3cccnc3)ccc21. The minimum atomic E-state index is 0.103. The Morgan fingerprint density at radius 2 is 2.23 bits per heavy atom. The van der Waals surface area contributed by atoms with Crippen molar-refractivity contribution in [3.05, 3.63) is 60.0 Å². The van der Waals surface area contributed by atoms with Gasteiger partial charge in [-0.25, -0.2) is 0 Å².